The molecule has 0 bridgehead atoms. The van der Waals surface area contributed by atoms with Crippen LogP contribution in [0.1, 0.15) is 18.9 Å². The normalized spacial score (nSPS) is 13.9. The van der Waals surface area contributed by atoms with E-state index >= 15 is 0 Å². The van der Waals surface area contributed by atoms with Gasteiger partial charge in [-0.1, -0.05) is 195 Å². The van der Waals surface area contributed by atoms with E-state index in [2.05, 4.69) is 265 Å². The van der Waals surface area contributed by atoms with Gasteiger partial charge in [-0.25, -0.2) is 0 Å². The summed E-state index contributed by atoms with van der Waals surface area (Å²) in [6, 6.07) is 88.6. The van der Waals surface area contributed by atoms with Gasteiger partial charge in [-0.15, -0.1) is 0 Å². The zero-order valence-electron chi connectivity index (χ0n) is 39.8. The average Bonchev–Trinajstić information content (AvgIpc) is 3.99. The lowest BCUT2D eigenvalue weighted by Crippen LogP contribution is -2.21. The predicted octanol–water partition coefficient (Wildman–Crippen LogP) is 19.1. The van der Waals surface area contributed by atoms with Crippen molar-refractivity contribution in [2.24, 2.45) is 5.92 Å². The van der Waals surface area contributed by atoms with Crippen LogP contribution in [0.25, 0.3) is 110 Å². The average molecular weight is 921 g/mol. The maximum Gasteiger partial charge on any atom is 0.135 e. The molecule has 2 heterocycles. The van der Waals surface area contributed by atoms with Crippen LogP contribution in [-0.4, -0.2) is 4.57 Å². The molecular formula is C69H48N2O. The van der Waals surface area contributed by atoms with Crippen molar-refractivity contribution in [2.45, 2.75) is 13.3 Å². The van der Waals surface area contributed by atoms with Gasteiger partial charge in [-0.2, -0.15) is 0 Å². The van der Waals surface area contributed by atoms with Crippen LogP contribution in [-0.2, 0) is 0 Å². The molecule has 0 amide bonds. The van der Waals surface area contributed by atoms with Gasteiger partial charge < -0.3 is 13.9 Å². The van der Waals surface area contributed by atoms with Gasteiger partial charge in [-0.05, 0) is 134 Å². The Labute approximate surface area is 418 Å². The van der Waals surface area contributed by atoms with Gasteiger partial charge in [0.2, 0.25) is 0 Å². The van der Waals surface area contributed by atoms with E-state index < -0.39 is 0 Å². The first-order chi connectivity index (χ1) is 35.6. The predicted molar refractivity (Wildman–Crippen MR) is 304 cm³/mol. The first kappa shape index (κ1) is 41.8. The summed E-state index contributed by atoms with van der Waals surface area (Å²) in [5.41, 5.74) is 18.5. The van der Waals surface area contributed by atoms with Crippen LogP contribution in [0.4, 0.5) is 11.4 Å². The Morgan fingerprint density at radius 1 is 0.403 bits per heavy atom. The lowest BCUT2D eigenvalue weighted by atomic mass is 9.85. The monoisotopic (exact) mass is 920 g/mol. The highest BCUT2D eigenvalue weighted by atomic mass is 16.3. The van der Waals surface area contributed by atoms with Crippen molar-refractivity contribution in [2.75, 3.05) is 4.90 Å². The van der Waals surface area contributed by atoms with Crippen molar-refractivity contribution in [3.05, 3.63) is 266 Å². The van der Waals surface area contributed by atoms with Gasteiger partial charge in [0.25, 0.3) is 0 Å². The number of furan rings is 1. The highest BCUT2D eigenvalue weighted by Gasteiger charge is 2.26. The fourth-order valence-electron chi connectivity index (χ4n) is 11.7. The minimum Gasteiger partial charge on any atom is -0.456 e. The SMILES string of the molecule is CC1CC(N(c2ccc(-c3ccccc3-n3c4ccccc4c4ccccc43)cc2)c2cc(-c3cc4ccccc4c4ccccc34)ccc2-c2ccccc2)=CC=C1c1ccc2oc3ccccc3c2c1. The summed E-state index contributed by atoms with van der Waals surface area (Å²) < 4.78 is 8.69. The zero-order chi connectivity index (χ0) is 47.7. The molecular weight excluding hydrogens is 873 g/mol. The summed E-state index contributed by atoms with van der Waals surface area (Å²) >= 11 is 0. The number of hydrogen-bond donors (Lipinski definition) is 0. The number of hydrogen-bond acceptors (Lipinski definition) is 2. The van der Waals surface area contributed by atoms with Crippen molar-refractivity contribution >= 4 is 82.2 Å². The third-order valence-electron chi connectivity index (χ3n) is 15.1. The highest BCUT2D eigenvalue weighted by Crippen LogP contribution is 2.47. The van der Waals surface area contributed by atoms with Gasteiger partial charge >= 0.3 is 0 Å². The summed E-state index contributed by atoms with van der Waals surface area (Å²) in [6.07, 6.45) is 5.57. The molecule has 340 valence electrons. The van der Waals surface area contributed by atoms with E-state index in [1.165, 1.54) is 88.0 Å². The number of aromatic nitrogens is 1. The number of allylic oxidation sites excluding steroid dienone is 4. The van der Waals surface area contributed by atoms with Crippen LogP contribution < -0.4 is 4.90 Å². The summed E-state index contributed by atoms with van der Waals surface area (Å²) in [5, 5.41) is 9.81. The minimum absolute atomic E-state index is 0.230. The second-order valence-corrected chi connectivity index (χ2v) is 19.3. The van der Waals surface area contributed by atoms with Crippen LogP contribution in [0.15, 0.2) is 265 Å². The molecule has 0 N–H and O–H groups in total. The lowest BCUT2D eigenvalue weighted by molar-refractivity contribution is 0.668. The Hall–Kier alpha value is -9.18. The molecule has 3 heteroatoms. The number of anilines is 2. The second-order valence-electron chi connectivity index (χ2n) is 19.3. The van der Waals surface area contributed by atoms with Gasteiger partial charge in [-0.3, -0.25) is 0 Å². The molecule has 11 aromatic carbocycles. The molecule has 14 rings (SSSR count). The first-order valence-electron chi connectivity index (χ1n) is 25.0. The Balaban J connectivity index is 0.960. The van der Waals surface area contributed by atoms with Gasteiger partial charge in [0.05, 0.1) is 22.4 Å². The fraction of sp³-hybridized carbons (Fsp3) is 0.0435. The maximum atomic E-state index is 6.26. The first-order valence-corrected chi connectivity index (χ1v) is 25.0. The minimum atomic E-state index is 0.230. The lowest BCUT2D eigenvalue weighted by Gasteiger charge is -2.34. The molecule has 72 heavy (non-hydrogen) atoms. The molecule has 1 atom stereocenters. The molecule has 0 saturated heterocycles. The number of para-hydroxylation sites is 4. The third-order valence-corrected chi connectivity index (χ3v) is 15.1. The molecule has 0 fully saturated rings. The second kappa shape index (κ2) is 17.0. The van der Waals surface area contributed by atoms with Crippen molar-refractivity contribution < 1.29 is 4.42 Å². The van der Waals surface area contributed by atoms with Gasteiger partial charge in [0, 0.05) is 44.1 Å². The van der Waals surface area contributed by atoms with Crippen LogP contribution in [0.5, 0.6) is 0 Å². The maximum absolute atomic E-state index is 6.26. The molecule has 1 aliphatic rings. The van der Waals surface area contributed by atoms with Crippen LogP contribution in [0, 0.1) is 5.92 Å². The molecule has 13 aromatic rings. The van der Waals surface area contributed by atoms with E-state index in [1.807, 2.05) is 6.07 Å². The molecule has 1 unspecified atom stereocenters. The molecule has 0 saturated carbocycles. The van der Waals surface area contributed by atoms with E-state index in [1.54, 1.807) is 0 Å². The van der Waals surface area contributed by atoms with Crippen LogP contribution in [0.3, 0.4) is 0 Å². The topological polar surface area (TPSA) is 21.3 Å². The summed E-state index contributed by atoms with van der Waals surface area (Å²) in [7, 11) is 0. The zero-order valence-corrected chi connectivity index (χ0v) is 39.8. The van der Waals surface area contributed by atoms with Crippen LogP contribution in [0.2, 0.25) is 0 Å². The van der Waals surface area contributed by atoms with Crippen molar-refractivity contribution in [1.29, 1.82) is 0 Å². The van der Waals surface area contributed by atoms with Crippen LogP contribution >= 0.6 is 0 Å². The smallest absolute Gasteiger partial charge is 0.135 e. The van der Waals surface area contributed by atoms with Gasteiger partial charge in [0.15, 0.2) is 0 Å². The van der Waals surface area contributed by atoms with Crippen molar-refractivity contribution in [3.63, 3.8) is 0 Å². The Morgan fingerprint density at radius 3 is 1.78 bits per heavy atom. The number of nitrogens with zero attached hydrogens (tertiary/aromatic N) is 2. The molecule has 1 aliphatic carbocycles. The largest absolute Gasteiger partial charge is 0.456 e. The van der Waals surface area contributed by atoms with Gasteiger partial charge in [0.1, 0.15) is 11.2 Å². The summed E-state index contributed by atoms with van der Waals surface area (Å²) in [6.45, 7) is 2.37. The number of rotatable bonds is 8. The molecule has 3 nitrogen and oxygen atoms in total. The van der Waals surface area contributed by atoms with E-state index in [-0.39, 0.29) is 5.92 Å². The molecule has 0 radical (unpaired) electrons. The summed E-state index contributed by atoms with van der Waals surface area (Å²) in [5.74, 6) is 0.230. The molecule has 2 aromatic heterocycles. The van der Waals surface area contributed by atoms with E-state index in [9.17, 15) is 0 Å². The number of benzene rings is 11. The van der Waals surface area contributed by atoms with E-state index in [4.69, 9.17) is 4.42 Å². The Bertz CT molecular complexity index is 4270. The Kier molecular flexibility index (Phi) is 9.89. The summed E-state index contributed by atoms with van der Waals surface area (Å²) in [4.78, 5) is 2.54. The quantitative estimate of drug-likeness (QED) is 0.142. The fourth-order valence-corrected chi connectivity index (χ4v) is 11.7. The third kappa shape index (κ3) is 6.88. The highest BCUT2D eigenvalue weighted by molar-refractivity contribution is 6.14. The number of fused-ring (bicyclic) bond motifs is 9. The molecule has 0 spiro atoms. The standard InChI is InChI=1S/C69H48N2O/c1-45-41-52(37-39-53(45)49-34-40-69-63(43-49)61-26-12-16-30-68(61)72-69)70(51-35-31-47(32-36-51)55-21-9-13-27-64(55)71-65-28-14-10-24-59(65)60-25-11-15-29-66(60)71)67-44-50(33-38-56(67)46-17-3-2-4-18-46)62-42-48-19-5-6-20-54(48)57-22-7-8-23-58(57)62/h2-40,42-45H,41H2,1H3. The van der Waals surface area contributed by atoms with E-state index in [0.717, 1.165) is 51.0 Å². The van der Waals surface area contributed by atoms with E-state index in [0.29, 0.717) is 0 Å². The van der Waals surface area contributed by atoms with Crippen molar-refractivity contribution in [3.8, 4) is 39.1 Å². The van der Waals surface area contributed by atoms with Crippen molar-refractivity contribution in [1.82, 2.24) is 4.57 Å². The molecule has 0 aliphatic heterocycles. The Morgan fingerprint density at radius 2 is 1.00 bits per heavy atom.